The molecule has 0 saturated heterocycles. The van der Waals surface area contributed by atoms with Crippen molar-refractivity contribution < 1.29 is 4.74 Å². The Bertz CT molecular complexity index is 807. The Morgan fingerprint density at radius 2 is 2.05 bits per heavy atom. The van der Waals surface area contributed by atoms with Crippen LogP contribution in [0, 0.1) is 0 Å². The molecule has 1 aromatic heterocycles. The maximum absolute atomic E-state index is 6.15. The molecule has 0 fully saturated rings. The summed E-state index contributed by atoms with van der Waals surface area (Å²) in [7, 11) is 0. The van der Waals surface area contributed by atoms with Gasteiger partial charge in [0.25, 0.3) is 0 Å². The summed E-state index contributed by atoms with van der Waals surface area (Å²) in [6.45, 7) is 0.384. The Morgan fingerprint density at radius 1 is 1.19 bits per heavy atom. The van der Waals surface area contributed by atoms with Gasteiger partial charge in [-0.05, 0) is 36.4 Å². The highest BCUT2D eigenvalue weighted by Crippen LogP contribution is 2.29. The Morgan fingerprint density at radius 3 is 2.86 bits per heavy atom. The molecule has 0 aliphatic heterocycles. The number of ether oxygens (including phenoxy) is 1. The number of hydrogen-bond donors (Lipinski definition) is 1. The van der Waals surface area contributed by atoms with Gasteiger partial charge < -0.3 is 10.5 Å². The minimum Gasteiger partial charge on any atom is -0.487 e. The number of benzene rings is 2. The fourth-order valence-corrected chi connectivity index (χ4v) is 2.85. The van der Waals surface area contributed by atoms with Crippen LogP contribution < -0.4 is 10.5 Å². The monoisotopic (exact) mass is 362 g/mol. The van der Waals surface area contributed by atoms with Crippen molar-refractivity contribution in [2.24, 2.45) is 0 Å². The van der Waals surface area contributed by atoms with Crippen molar-refractivity contribution in [1.29, 1.82) is 0 Å². The summed E-state index contributed by atoms with van der Waals surface area (Å²) < 4.78 is 6.71. The maximum Gasteiger partial charge on any atom is 0.138 e. The normalized spacial score (nSPS) is 10.8. The summed E-state index contributed by atoms with van der Waals surface area (Å²) in [5.41, 5.74) is 8.50. The van der Waals surface area contributed by atoms with Gasteiger partial charge in [0.05, 0.1) is 10.5 Å². The first-order valence-electron chi connectivity index (χ1n) is 6.35. The molecule has 0 amide bonds. The molecular weight excluding hydrogens is 352 g/mol. The van der Waals surface area contributed by atoms with E-state index in [1.165, 1.54) is 0 Å². The SMILES string of the molecule is Nc1ccc(COc2ccc(Br)cc2Cl)c2ncccc12. The average molecular weight is 364 g/mol. The van der Waals surface area contributed by atoms with Gasteiger partial charge in [-0.3, -0.25) is 4.98 Å². The van der Waals surface area contributed by atoms with Gasteiger partial charge in [-0.15, -0.1) is 0 Å². The van der Waals surface area contributed by atoms with Gasteiger partial charge in [0, 0.05) is 27.3 Å². The summed E-state index contributed by atoms with van der Waals surface area (Å²) in [4.78, 5) is 4.39. The average Bonchev–Trinajstić information content (AvgIpc) is 2.48. The van der Waals surface area contributed by atoms with Crippen molar-refractivity contribution in [3.05, 3.63) is 63.7 Å². The Balaban J connectivity index is 1.90. The second kappa shape index (κ2) is 5.92. The number of hydrogen-bond acceptors (Lipinski definition) is 3. The third-order valence-electron chi connectivity index (χ3n) is 3.16. The fourth-order valence-electron chi connectivity index (χ4n) is 2.12. The molecule has 0 aliphatic rings. The van der Waals surface area contributed by atoms with E-state index in [1.807, 2.05) is 36.4 Å². The van der Waals surface area contributed by atoms with Crippen molar-refractivity contribution in [3.63, 3.8) is 0 Å². The van der Waals surface area contributed by atoms with Crippen LogP contribution in [0.15, 0.2) is 53.1 Å². The number of aromatic nitrogens is 1. The number of rotatable bonds is 3. The molecular formula is C16H12BrClN2O. The van der Waals surface area contributed by atoms with E-state index in [9.17, 15) is 0 Å². The molecule has 21 heavy (non-hydrogen) atoms. The molecule has 0 aliphatic carbocycles. The van der Waals surface area contributed by atoms with Gasteiger partial charge in [-0.2, -0.15) is 0 Å². The largest absolute Gasteiger partial charge is 0.487 e. The molecule has 2 N–H and O–H groups in total. The molecule has 0 atom stereocenters. The highest BCUT2D eigenvalue weighted by molar-refractivity contribution is 9.10. The molecule has 3 rings (SSSR count). The van der Waals surface area contributed by atoms with Crippen LogP contribution in [0.4, 0.5) is 5.69 Å². The minimum absolute atomic E-state index is 0.384. The minimum atomic E-state index is 0.384. The molecule has 106 valence electrons. The predicted molar refractivity (Wildman–Crippen MR) is 89.6 cm³/mol. The number of halogens is 2. The lowest BCUT2D eigenvalue weighted by atomic mass is 10.1. The standard InChI is InChI=1S/C16H12BrClN2O/c17-11-4-6-15(13(18)8-11)21-9-10-3-5-14(19)12-2-1-7-20-16(10)12/h1-8H,9,19H2. The summed E-state index contributed by atoms with van der Waals surface area (Å²) in [6.07, 6.45) is 1.75. The second-order valence-corrected chi connectivity index (χ2v) is 5.90. The zero-order valence-electron chi connectivity index (χ0n) is 11.0. The van der Waals surface area contributed by atoms with E-state index < -0.39 is 0 Å². The molecule has 2 aromatic carbocycles. The van der Waals surface area contributed by atoms with E-state index in [2.05, 4.69) is 20.9 Å². The first-order chi connectivity index (χ1) is 10.1. The van der Waals surface area contributed by atoms with Crippen LogP contribution in [0.5, 0.6) is 5.75 Å². The van der Waals surface area contributed by atoms with E-state index in [0.717, 1.165) is 20.9 Å². The molecule has 3 aromatic rings. The molecule has 0 radical (unpaired) electrons. The van der Waals surface area contributed by atoms with Crippen LogP contribution in [0.2, 0.25) is 5.02 Å². The fraction of sp³-hybridized carbons (Fsp3) is 0.0625. The van der Waals surface area contributed by atoms with Crippen LogP contribution in [0.1, 0.15) is 5.56 Å². The van der Waals surface area contributed by atoms with Crippen molar-refractivity contribution >= 4 is 44.1 Å². The zero-order valence-corrected chi connectivity index (χ0v) is 13.4. The number of nitrogens with zero attached hydrogens (tertiary/aromatic N) is 1. The molecule has 1 heterocycles. The number of nitrogens with two attached hydrogens (primary N) is 1. The Labute approximate surface area is 135 Å². The number of anilines is 1. The van der Waals surface area contributed by atoms with Gasteiger partial charge in [0.1, 0.15) is 12.4 Å². The van der Waals surface area contributed by atoms with Gasteiger partial charge >= 0.3 is 0 Å². The van der Waals surface area contributed by atoms with Crippen molar-refractivity contribution in [3.8, 4) is 5.75 Å². The number of nitrogen functional groups attached to an aromatic ring is 1. The smallest absolute Gasteiger partial charge is 0.138 e. The predicted octanol–water partition coefficient (Wildman–Crippen LogP) is 4.81. The first-order valence-corrected chi connectivity index (χ1v) is 7.52. The number of fused-ring (bicyclic) bond motifs is 1. The van der Waals surface area contributed by atoms with Crippen molar-refractivity contribution in [2.45, 2.75) is 6.61 Å². The molecule has 3 nitrogen and oxygen atoms in total. The topological polar surface area (TPSA) is 48.1 Å². The molecule has 0 spiro atoms. The Kier molecular flexibility index (Phi) is 3.99. The van der Waals surface area contributed by atoms with Crippen LogP contribution in [0.3, 0.4) is 0 Å². The molecule has 0 bridgehead atoms. The van der Waals surface area contributed by atoms with E-state index in [0.29, 0.717) is 23.1 Å². The van der Waals surface area contributed by atoms with Gasteiger partial charge in [0.2, 0.25) is 0 Å². The van der Waals surface area contributed by atoms with Crippen LogP contribution in [-0.2, 0) is 6.61 Å². The van der Waals surface area contributed by atoms with Crippen LogP contribution >= 0.6 is 27.5 Å². The van der Waals surface area contributed by atoms with E-state index in [1.54, 1.807) is 12.3 Å². The highest BCUT2D eigenvalue weighted by Gasteiger charge is 2.07. The molecule has 0 saturated carbocycles. The summed E-state index contributed by atoms with van der Waals surface area (Å²) in [5, 5.41) is 1.50. The maximum atomic E-state index is 6.15. The molecule has 0 unspecified atom stereocenters. The lowest BCUT2D eigenvalue weighted by molar-refractivity contribution is 0.307. The first kappa shape index (κ1) is 14.2. The van der Waals surface area contributed by atoms with Crippen molar-refractivity contribution in [1.82, 2.24) is 4.98 Å². The van der Waals surface area contributed by atoms with E-state index in [-0.39, 0.29) is 0 Å². The quantitative estimate of drug-likeness (QED) is 0.679. The third-order valence-corrected chi connectivity index (χ3v) is 3.95. The van der Waals surface area contributed by atoms with Crippen LogP contribution in [0.25, 0.3) is 10.9 Å². The van der Waals surface area contributed by atoms with Crippen LogP contribution in [-0.4, -0.2) is 4.98 Å². The summed E-state index contributed by atoms with van der Waals surface area (Å²) >= 11 is 9.52. The van der Waals surface area contributed by atoms with E-state index in [4.69, 9.17) is 22.1 Å². The van der Waals surface area contributed by atoms with E-state index >= 15 is 0 Å². The van der Waals surface area contributed by atoms with Crippen molar-refractivity contribution in [2.75, 3.05) is 5.73 Å². The highest BCUT2D eigenvalue weighted by atomic mass is 79.9. The third kappa shape index (κ3) is 2.96. The summed E-state index contributed by atoms with van der Waals surface area (Å²) in [6, 6.07) is 13.1. The lowest BCUT2D eigenvalue weighted by Crippen LogP contribution is -1.99. The lowest BCUT2D eigenvalue weighted by Gasteiger charge is -2.11. The number of pyridine rings is 1. The zero-order chi connectivity index (χ0) is 14.8. The Hall–Kier alpha value is -1.78. The van der Waals surface area contributed by atoms with Gasteiger partial charge in [0.15, 0.2) is 0 Å². The summed E-state index contributed by atoms with van der Waals surface area (Å²) in [5.74, 6) is 0.640. The molecule has 5 heteroatoms. The van der Waals surface area contributed by atoms with Gasteiger partial charge in [-0.25, -0.2) is 0 Å². The van der Waals surface area contributed by atoms with Gasteiger partial charge in [-0.1, -0.05) is 33.6 Å². The second-order valence-electron chi connectivity index (χ2n) is 4.58.